The molecule has 0 aliphatic carbocycles. The fourth-order valence-corrected chi connectivity index (χ4v) is 2.61. The van der Waals surface area contributed by atoms with Crippen LogP contribution in [0.25, 0.3) is 11.3 Å². The number of nitrogen functional groups attached to an aromatic ring is 1. The minimum atomic E-state index is 0. The van der Waals surface area contributed by atoms with Gasteiger partial charge in [0, 0.05) is 11.1 Å². The van der Waals surface area contributed by atoms with E-state index in [1.54, 1.807) is 4.57 Å². The molecule has 0 spiro atoms. The number of carbonyl (C=O) groups excluding carboxylic acids is 1. The van der Waals surface area contributed by atoms with Gasteiger partial charge in [0.25, 0.3) is 0 Å². The lowest BCUT2D eigenvalue weighted by Gasteiger charge is -2.00. The van der Waals surface area contributed by atoms with E-state index in [-0.39, 0.29) is 29.3 Å². The molecular weight excluding hydrogens is 366 g/mol. The lowest BCUT2D eigenvalue weighted by molar-refractivity contribution is -0.667. The van der Waals surface area contributed by atoms with Gasteiger partial charge in [-0.05, 0) is 6.92 Å². The van der Waals surface area contributed by atoms with Gasteiger partial charge in [0.15, 0.2) is 5.78 Å². The quantitative estimate of drug-likeness (QED) is 0.497. The Morgan fingerprint density at radius 1 is 1.08 bits per heavy atom. The number of ketones is 1. The molecule has 124 valence electrons. The van der Waals surface area contributed by atoms with Crippen LogP contribution < -0.4 is 27.3 Å². The van der Waals surface area contributed by atoms with E-state index in [0.717, 1.165) is 11.3 Å². The van der Waals surface area contributed by atoms with E-state index in [2.05, 4.69) is 31.2 Å². The average Bonchev–Trinajstić information content (AvgIpc) is 2.85. The third kappa shape index (κ3) is 3.57. The van der Waals surface area contributed by atoms with Crippen molar-refractivity contribution in [1.82, 2.24) is 4.57 Å². The number of hydrogen-bond acceptors (Lipinski definition) is 2. The molecule has 0 radical (unpaired) electrons. The molecule has 5 heteroatoms. The predicted molar refractivity (Wildman–Crippen MR) is 91.0 cm³/mol. The molecule has 0 saturated heterocycles. The summed E-state index contributed by atoms with van der Waals surface area (Å²) in [5.74, 6) is 0.605. The minimum Gasteiger partial charge on any atom is -1.00 e. The molecule has 0 bridgehead atoms. The maximum absolute atomic E-state index is 12.4. The SMILES string of the molecule is Cc1ccc(-c2c[n+](CC(=O)c3ccccc3)c(N)n2C)cc1.[Br-]. The van der Waals surface area contributed by atoms with Gasteiger partial charge in [0.1, 0.15) is 18.4 Å². The van der Waals surface area contributed by atoms with Crippen LogP contribution >= 0.6 is 0 Å². The number of hydrogen-bond donors (Lipinski definition) is 1. The first kappa shape index (κ1) is 17.9. The molecule has 4 nitrogen and oxygen atoms in total. The van der Waals surface area contributed by atoms with Gasteiger partial charge in [0.2, 0.25) is 0 Å². The number of nitrogens with two attached hydrogens (primary N) is 1. The second-order valence-electron chi connectivity index (χ2n) is 5.71. The molecule has 0 aliphatic rings. The van der Waals surface area contributed by atoms with Gasteiger partial charge >= 0.3 is 5.95 Å². The van der Waals surface area contributed by atoms with Crippen LogP contribution in [0.1, 0.15) is 15.9 Å². The molecule has 1 aromatic heterocycles. The standard InChI is InChI=1S/C19H19N3O.BrH/c1-14-8-10-15(11-9-14)17-12-22(19(20)21(17)2)13-18(23)16-6-4-3-5-7-16;/h3-12,20H,13H2,1-2H3;1H. The summed E-state index contributed by atoms with van der Waals surface area (Å²) in [6.07, 6.45) is 1.93. The number of aromatic nitrogens is 2. The molecule has 0 saturated carbocycles. The van der Waals surface area contributed by atoms with Crippen molar-refractivity contribution in [2.24, 2.45) is 7.05 Å². The Morgan fingerprint density at radius 3 is 2.33 bits per heavy atom. The summed E-state index contributed by atoms with van der Waals surface area (Å²) in [6, 6.07) is 17.5. The highest BCUT2D eigenvalue weighted by Gasteiger charge is 2.20. The number of aryl methyl sites for hydroxylation is 1. The maximum Gasteiger partial charge on any atom is 0.355 e. The Balaban J connectivity index is 0.00000208. The van der Waals surface area contributed by atoms with Crippen LogP contribution in [0.3, 0.4) is 0 Å². The zero-order chi connectivity index (χ0) is 16.4. The Morgan fingerprint density at radius 2 is 1.71 bits per heavy atom. The summed E-state index contributed by atoms with van der Waals surface area (Å²) in [5.41, 5.74) is 10.1. The third-order valence-electron chi connectivity index (χ3n) is 4.03. The minimum absolute atomic E-state index is 0. The highest BCUT2D eigenvalue weighted by molar-refractivity contribution is 5.95. The Bertz CT molecular complexity index is 839. The number of halogens is 1. The molecule has 0 atom stereocenters. The van der Waals surface area contributed by atoms with E-state index >= 15 is 0 Å². The third-order valence-corrected chi connectivity index (χ3v) is 4.03. The van der Waals surface area contributed by atoms with Crippen LogP contribution in [-0.4, -0.2) is 10.4 Å². The smallest absolute Gasteiger partial charge is 0.355 e. The number of Topliss-reactive ketones (excluding diaryl/α,β-unsaturated/α-hetero) is 1. The lowest BCUT2D eigenvalue weighted by Crippen LogP contribution is -3.00. The van der Waals surface area contributed by atoms with Crippen LogP contribution in [0, 0.1) is 6.92 Å². The molecule has 0 amide bonds. The van der Waals surface area contributed by atoms with Crippen molar-refractivity contribution in [3.05, 3.63) is 71.9 Å². The van der Waals surface area contributed by atoms with Crippen LogP contribution in [0.15, 0.2) is 60.8 Å². The van der Waals surface area contributed by atoms with Crippen molar-refractivity contribution < 1.29 is 26.3 Å². The molecule has 3 rings (SSSR count). The van der Waals surface area contributed by atoms with E-state index in [1.165, 1.54) is 5.56 Å². The molecule has 0 unspecified atom stereocenters. The van der Waals surface area contributed by atoms with Crippen LogP contribution in [0.2, 0.25) is 0 Å². The molecule has 24 heavy (non-hydrogen) atoms. The van der Waals surface area contributed by atoms with Gasteiger partial charge in [-0.2, -0.15) is 0 Å². The summed E-state index contributed by atoms with van der Waals surface area (Å²) in [6.45, 7) is 2.29. The molecular formula is C19H20BrN3O. The van der Waals surface area contributed by atoms with Crippen LogP contribution in [0.5, 0.6) is 0 Å². The summed E-state index contributed by atoms with van der Waals surface area (Å²) in [5, 5.41) is 0. The molecule has 0 aliphatic heterocycles. The largest absolute Gasteiger partial charge is 1.00 e. The normalized spacial score (nSPS) is 10.2. The molecule has 2 N–H and O–H groups in total. The number of benzene rings is 2. The van der Waals surface area contributed by atoms with Crippen molar-refractivity contribution in [2.75, 3.05) is 5.73 Å². The predicted octanol–water partition coefficient (Wildman–Crippen LogP) is -0.243. The van der Waals surface area contributed by atoms with Gasteiger partial charge in [0.05, 0.1) is 7.05 Å². The van der Waals surface area contributed by atoms with E-state index in [0.29, 0.717) is 11.5 Å². The zero-order valence-corrected chi connectivity index (χ0v) is 15.3. The van der Waals surface area contributed by atoms with Gasteiger partial charge < -0.3 is 17.0 Å². The molecule has 2 aromatic carbocycles. The second kappa shape index (κ2) is 7.45. The molecule has 0 fully saturated rings. The first-order chi connectivity index (χ1) is 11.1. The van der Waals surface area contributed by atoms with Crippen molar-refractivity contribution in [1.29, 1.82) is 0 Å². The van der Waals surface area contributed by atoms with E-state index < -0.39 is 0 Å². The number of rotatable bonds is 4. The first-order valence-corrected chi connectivity index (χ1v) is 7.56. The van der Waals surface area contributed by atoms with Gasteiger partial charge in [-0.1, -0.05) is 60.2 Å². The second-order valence-corrected chi connectivity index (χ2v) is 5.71. The summed E-state index contributed by atoms with van der Waals surface area (Å²) in [4.78, 5) is 12.4. The van der Waals surface area contributed by atoms with Crippen molar-refractivity contribution in [3.8, 4) is 11.3 Å². The Labute approximate surface area is 152 Å². The van der Waals surface area contributed by atoms with E-state index in [9.17, 15) is 4.79 Å². The van der Waals surface area contributed by atoms with E-state index in [4.69, 9.17) is 5.73 Å². The van der Waals surface area contributed by atoms with Crippen LogP contribution in [-0.2, 0) is 13.6 Å². The van der Waals surface area contributed by atoms with Gasteiger partial charge in [-0.25, -0.2) is 9.13 Å². The van der Waals surface area contributed by atoms with Gasteiger partial charge in [-0.15, -0.1) is 0 Å². The van der Waals surface area contributed by atoms with Crippen LogP contribution in [0.4, 0.5) is 5.95 Å². The summed E-state index contributed by atoms with van der Waals surface area (Å²) < 4.78 is 3.70. The highest BCUT2D eigenvalue weighted by atomic mass is 79.9. The fourth-order valence-electron chi connectivity index (χ4n) is 2.61. The number of anilines is 1. The summed E-state index contributed by atoms with van der Waals surface area (Å²) in [7, 11) is 1.91. The molecule has 1 heterocycles. The van der Waals surface area contributed by atoms with Crippen molar-refractivity contribution >= 4 is 11.7 Å². The number of carbonyl (C=O) groups is 1. The number of imidazole rings is 1. The van der Waals surface area contributed by atoms with Crippen molar-refractivity contribution in [2.45, 2.75) is 13.5 Å². The highest BCUT2D eigenvalue weighted by Crippen LogP contribution is 2.20. The fraction of sp³-hybridized carbons (Fsp3) is 0.158. The summed E-state index contributed by atoms with van der Waals surface area (Å²) >= 11 is 0. The topological polar surface area (TPSA) is 51.9 Å². The molecule has 3 aromatic rings. The van der Waals surface area contributed by atoms with E-state index in [1.807, 2.05) is 48.1 Å². The Kier molecular flexibility index (Phi) is 5.57. The monoisotopic (exact) mass is 385 g/mol. The number of nitrogens with zero attached hydrogens (tertiary/aromatic N) is 2. The first-order valence-electron chi connectivity index (χ1n) is 7.56. The average molecular weight is 386 g/mol. The lowest BCUT2D eigenvalue weighted by atomic mass is 10.1. The Hall–Kier alpha value is -2.40. The maximum atomic E-state index is 12.4. The zero-order valence-electron chi connectivity index (χ0n) is 13.7. The van der Waals surface area contributed by atoms with Gasteiger partial charge in [-0.3, -0.25) is 10.5 Å². The van der Waals surface area contributed by atoms with Crippen molar-refractivity contribution in [3.63, 3.8) is 0 Å².